The summed E-state index contributed by atoms with van der Waals surface area (Å²) in [7, 11) is 3.99. The molecule has 0 saturated heterocycles. The lowest BCUT2D eigenvalue weighted by Crippen LogP contribution is -2.41. The van der Waals surface area contributed by atoms with E-state index in [0.717, 1.165) is 13.0 Å². The highest BCUT2D eigenvalue weighted by atomic mass is 16.2. The minimum atomic E-state index is -0.184. The molecule has 0 aromatic rings. The lowest BCUT2D eigenvalue weighted by molar-refractivity contribution is -0.121. The third kappa shape index (κ3) is 4.95. The fourth-order valence-corrected chi connectivity index (χ4v) is 1.47. The van der Waals surface area contributed by atoms with Crippen LogP contribution >= 0.6 is 0 Å². The highest BCUT2D eigenvalue weighted by Gasteiger charge is 2.19. The van der Waals surface area contributed by atoms with Gasteiger partial charge in [0.05, 0.1) is 0 Å². The van der Waals surface area contributed by atoms with Crippen molar-refractivity contribution in [3.8, 4) is 0 Å². The van der Waals surface area contributed by atoms with E-state index >= 15 is 0 Å². The molecule has 1 rings (SSSR count). The van der Waals surface area contributed by atoms with Crippen LogP contribution in [0.4, 0.5) is 0 Å². The standard InChI is InChI=1S/C11H20N4O2/c1-8(6-7-15(2)3)12-11(17)9-4-5-10(16)14-13-9/h8H,4-7H2,1-3H3,(H,12,17)(H,14,16). The molecule has 2 amide bonds. The highest BCUT2D eigenvalue weighted by Crippen LogP contribution is 2.01. The van der Waals surface area contributed by atoms with Gasteiger partial charge in [0.15, 0.2) is 0 Å². The first-order valence-corrected chi connectivity index (χ1v) is 5.80. The zero-order valence-corrected chi connectivity index (χ0v) is 10.6. The minimum absolute atomic E-state index is 0.102. The van der Waals surface area contributed by atoms with Crippen molar-refractivity contribution in [2.75, 3.05) is 20.6 Å². The van der Waals surface area contributed by atoms with E-state index in [0.29, 0.717) is 18.6 Å². The number of hydrazone groups is 1. The SMILES string of the molecule is CC(CCN(C)C)NC(=O)C1=NNC(=O)CC1. The Labute approximate surface area is 101 Å². The fourth-order valence-electron chi connectivity index (χ4n) is 1.47. The number of hydrogen-bond acceptors (Lipinski definition) is 4. The van der Waals surface area contributed by atoms with Crippen molar-refractivity contribution in [1.82, 2.24) is 15.6 Å². The van der Waals surface area contributed by atoms with Gasteiger partial charge in [-0.2, -0.15) is 5.10 Å². The molecule has 1 heterocycles. The molecular formula is C11H20N4O2. The zero-order valence-electron chi connectivity index (χ0n) is 10.6. The summed E-state index contributed by atoms with van der Waals surface area (Å²) < 4.78 is 0. The molecule has 0 radical (unpaired) electrons. The van der Waals surface area contributed by atoms with E-state index in [-0.39, 0.29) is 17.9 Å². The largest absolute Gasteiger partial charge is 0.348 e. The Kier molecular flexibility index (Phi) is 5.09. The number of amides is 2. The van der Waals surface area contributed by atoms with Crippen LogP contribution in [0.5, 0.6) is 0 Å². The molecule has 1 atom stereocenters. The van der Waals surface area contributed by atoms with Crippen LogP contribution in [-0.2, 0) is 9.59 Å². The van der Waals surface area contributed by atoms with Gasteiger partial charge in [-0.25, -0.2) is 5.43 Å². The molecule has 6 nitrogen and oxygen atoms in total. The van der Waals surface area contributed by atoms with E-state index in [1.54, 1.807) is 0 Å². The van der Waals surface area contributed by atoms with Gasteiger partial charge in [-0.15, -0.1) is 0 Å². The van der Waals surface area contributed by atoms with Gasteiger partial charge in [-0.05, 0) is 34.0 Å². The normalized spacial score (nSPS) is 17.4. The molecular weight excluding hydrogens is 220 g/mol. The lowest BCUT2D eigenvalue weighted by atomic mass is 10.1. The van der Waals surface area contributed by atoms with Crippen molar-refractivity contribution >= 4 is 17.5 Å². The molecule has 17 heavy (non-hydrogen) atoms. The van der Waals surface area contributed by atoms with Crippen LogP contribution in [0.1, 0.15) is 26.2 Å². The number of nitrogens with one attached hydrogen (secondary N) is 2. The molecule has 2 N–H and O–H groups in total. The number of hydrogen-bond donors (Lipinski definition) is 2. The van der Waals surface area contributed by atoms with Gasteiger partial charge in [0.2, 0.25) is 5.91 Å². The number of nitrogens with zero attached hydrogens (tertiary/aromatic N) is 2. The Morgan fingerprint density at radius 3 is 2.76 bits per heavy atom. The molecule has 96 valence electrons. The molecule has 1 aliphatic rings. The third-order valence-electron chi connectivity index (χ3n) is 2.55. The predicted octanol–water partition coefficient (Wildman–Crippen LogP) is -0.291. The van der Waals surface area contributed by atoms with Crippen LogP contribution in [0, 0.1) is 0 Å². The molecule has 0 saturated carbocycles. The number of carbonyl (C=O) groups is 2. The van der Waals surface area contributed by atoms with E-state index in [9.17, 15) is 9.59 Å². The molecule has 0 spiro atoms. The zero-order chi connectivity index (χ0) is 12.8. The van der Waals surface area contributed by atoms with Gasteiger partial charge in [-0.3, -0.25) is 9.59 Å². The van der Waals surface area contributed by atoms with E-state index in [1.807, 2.05) is 21.0 Å². The quantitative estimate of drug-likeness (QED) is 0.693. The Morgan fingerprint density at radius 2 is 2.24 bits per heavy atom. The Balaban J connectivity index is 2.36. The van der Waals surface area contributed by atoms with Gasteiger partial charge in [0, 0.05) is 18.9 Å². The molecule has 1 aliphatic heterocycles. The van der Waals surface area contributed by atoms with Gasteiger partial charge in [-0.1, -0.05) is 0 Å². The molecule has 0 fully saturated rings. The molecule has 0 aliphatic carbocycles. The molecule has 0 bridgehead atoms. The van der Waals surface area contributed by atoms with Crippen LogP contribution in [-0.4, -0.2) is 49.1 Å². The van der Waals surface area contributed by atoms with Crippen molar-refractivity contribution in [1.29, 1.82) is 0 Å². The van der Waals surface area contributed by atoms with Gasteiger partial charge in [0.1, 0.15) is 5.71 Å². The van der Waals surface area contributed by atoms with Crippen LogP contribution in [0.15, 0.2) is 5.10 Å². The average Bonchev–Trinajstić information content (AvgIpc) is 2.27. The summed E-state index contributed by atoms with van der Waals surface area (Å²) in [6.45, 7) is 2.88. The summed E-state index contributed by atoms with van der Waals surface area (Å²) in [5.41, 5.74) is 2.72. The maximum atomic E-state index is 11.8. The van der Waals surface area contributed by atoms with Gasteiger partial charge >= 0.3 is 0 Å². The summed E-state index contributed by atoms with van der Waals surface area (Å²) in [6.07, 6.45) is 1.63. The van der Waals surface area contributed by atoms with Crippen molar-refractivity contribution < 1.29 is 9.59 Å². The van der Waals surface area contributed by atoms with Gasteiger partial charge in [0.25, 0.3) is 5.91 Å². The van der Waals surface area contributed by atoms with Crippen molar-refractivity contribution in [2.24, 2.45) is 5.10 Å². The van der Waals surface area contributed by atoms with Crippen LogP contribution in [0.2, 0.25) is 0 Å². The molecule has 0 aromatic carbocycles. The molecule has 0 aromatic heterocycles. The second-order valence-electron chi connectivity index (χ2n) is 4.56. The first-order chi connectivity index (χ1) is 7.99. The summed E-state index contributed by atoms with van der Waals surface area (Å²) in [5.74, 6) is -0.321. The second kappa shape index (κ2) is 6.34. The maximum absolute atomic E-state index is 11.8. The second-order valence-corrected chi connectivity index (χ2v) is 4.56. The summed E-state index contributed by atoms with van der Waals surface area (Å²) >= 11 is 0. The fraction of sp³-hybridized carbons (Fsp3) is 0.727. The molecule has 6 heteroatoms. The summed E-state index contributed by atoms with van der Waals surface area (Å²) in [6, 6.07) is 0.102. The van der Waals surface area contributed by atoms with Crippen molar-refractivity contribution in [3.05, 3.63) is 0 Å². The smallest absolute Gasteiger partial charge is 0.267 e. The summed E-state index contributed by atoms with van der Waals surface area (Å²) in [5, 5.41) is 6.63. The Bertz CT molecular complexity index is 325. The number of rotatable bonds is 5. The third-order valence-corrected chi connectivity index (χ3v) is 2.55. The van der Waals surface area contributed by atoms with E-state index < -0.39 is 0 Å². The Hall–Kier alpha value is -1.43. The van der Waals surface area contributed by atoms with Crippen molar-refractivity contribution in [2.45, 2.75) is 32.2 Å². The maximum Gasteiger partial charge on any atom is 0.267 e. The lowest BCUT2D eigenvalue weighted by Gasteiger charge is -2.18. The molecule has 1 unspecified atom stereocenters. The van der Waals surface area contributed by atoms with Crippen molar-refractivity contribution in [3.63, 3.8) is 0 Å². The predicted molar refractivity (Wildman–Crippen MR) is 65.6 cm³/mol. The first kappa shape index (κ1) is 13.6. The first-order valence-electron chi connectivity index (χ1n) is 5.80. The van der Waals surface area contributed by atoms with Crippen LogP contribution in [0.25, 0.3) is 0 Å². The van der Waals surface area contributed by atoms with Crippen LogP contribution < -0.4 is 10.7 Å². The van der Waals surface area contributed by atoms with Gasteiger partial charge < -0.3 is 10.2 Å². The highest BCUT2D eigenvalue weighted by molar-refractivity contribution is 6.39. The van der Waals surface area contributed by atoms with E-state index in [4.69, 9.17) is 0 Å². The van der Waals surface area contributed by atoms with E-state index in [1.165, 1.54) is 0 Å². The average molecular weight is 240 g/mol. The number of carbonyl (C=O) groups excluding carboxylic acids is 2. The van der Waals surface area contributed by atoms with E-state index in [2.05, 4.69) is 20.7 Å². The van der Waals surface area contributed by atoms with Crippen LogP contribution in [0.3, 0.4) is 0 Å². The minimum Gasteiger partial charge on any atom is -0.348 e. The summed E-state index contributed by atoms with van der Waals surface area (Å²) in [4.78, 5) is 24.7. The monoisotopic (exact) mass is 240 g/mol. The topological polar surface area (TPSA) is 73.8 Å². The Morgan fingerprint density at radius 1 is 1.53 bits per heavy atom.